The summed E-state index contributed by atoms with van der Waals surface area (Å²) in [5.41, 5.74) is 0.624. The van der Waals surface area contributed by atoms with Crippen LogP contribution in [0.15, 0.2) is 28.2 Å². The number of hydrogen-bond acceptors (Lipinski definition) is 3. The highest BCUT2D eigenvalue weighted by Crippen LogP contribution is 2.19. The summed E-state index contributed by atoms with van der Waals surface area (Å²) < 4.78 is 0. The van der Waals surface area contributed by atoms with Gasteiger partial charge in [0.15, 0.2) is 6.04 Å². The third kappa shape index (κ3) is 2.94. The molecule has 5 nitrogen and oxygen atoms in total. The molecule has 1 aromatic rings. The van der Waals surface area contributed by atoms with E-state index in [0.29, 0.717) is 15.6 Å². The monoisotopic (exact) mass is 283 g/mol. The second-order valence-electron chi connectivity index (χ2n) is 3.46. The standard InChI is InChI=1S/C11H7Cl2N3O2/c12-7-2-1-6(8(13)3-7)4-14-9-5-15-11(18)16-10(9)17/h1-5,9H,(H,16,17,18). The molecule has 0 spiro atoms. The number of rotatable bonds is 2. The third-order valence-corrected chi connectivity index (χ3v) is 2.73. The molecule has 1 unspecified atom stereocenters. The van der Waals surface area contributed by atoms with Crippen molar-refractivity contribution in [1.82, 2.24) is 5.32 Å². The fourth-order valence-electron chi connectivity index (χ4n) is 1.29. The Morgan fingerprint density at radius 2 is 2.11 bits per heavy atom. The number of aliphatic imine (C=N–C) groups is 2. The fraction of sp³-hybridized carbons (Fsp3) is 0.0909. The highest BCUT2D eigenvalue weighted by Gasteiger charge is 2.21. The second-order valence-corrected chi connectivity index (χ2v) is 4.31. The van der Waals surface area contributed by atoms with Crippen molar-refractivity contribution < 1.29 is 9.59 Å². The summed E-state index contributed by atoms with van der Waals surface area (Å²) in [5, 5.41) is 2.99. The first-order valence-electron chi connectivity index (χ1n) is 4.93. The third-order valence-electron chi connectivity index (χ3n) is 2.17. The fourth-order valence-corrected chi connectivity index (χ4v) is 1.75. The smallest absolute Gasteiger partial charge is 0.274 e. The van der Waals surface area contributed by atoms with Gasteiger partial charge in [0.25, 0.3) is 5.91 Å². The maximum Gasteiger partial charge on any atom is 0.347 e. The molecule has 1 heterocycles. The number of benzene rings is 1. The van der Waals surface area contributed by atoms with E-state index in [1.807, 2.05) is 5.32 Å². The quantitative estimate of drug-likeness (QED) is 0.845. The minimum atomic E-state index is -0.825. The summed E-state index contributed by atoms with van der Waals surface area (Å²) in [5.74, 6) is -0.517. The highest BCUT2D eigenvalue weighted by molar-refractivity contribution is 6.36. The van der Waals surface area contributed by atoms with Gasteiger partial charge in [-0.1, -0.05) is 29.3 Å². The molecule has 3 amide bonds. The van der Waals surface area contributed by atoms with Gasteiger partial charge in [0.1, 0.15) is 0 Å². The number of halogens is 2. The SMILES string of the molecule is O=C1N=CC(N=Cc2ccc(Cl)cc2Cl)C(=O)N1. The van der Waals surface area contributed by atoms with Gasteiger partial charge in [-0.2, -0.15) is 0 Å². The predicted molar refractivity (Wildman–Crippen MR) is 69.9 cm³/mol. The molecule has 1 aliphatic heterocycles. The summed E-state index contributed by atoms with van der Waals surface area (Å²) in [7, 11) is 0. The molecule has 0 aliphatic carbocycles. The molecular formula is C11H7Cl2N3O2. The Bertz CT molecular complexity index is 569. The summed E-state index contributed by atoms with van der Waals surface area (Å²) in [4.78, 5) is 29.6. The van der Waals surface area contributed by atoms with E-state index in [4.69, 9.17) is 23.2 Å². The van der Waals surface area contributed by atoms with Crippen LogP contribution in [0.4, 0.5) is 4.79 Å². The van der Waals surface area contributed by atoms with Crippen LogP contribution in [0.3, 0.4) is 0 Å². The number of nitrogens with zero attached hydrogens (tertiary/aromatic N) is 2. The molecule has 1 aromatic carbocycles. The van der Waals surface area contributed by atoms with Crippen LogP contribution in [0.2, 0.25) is 10.0 Å². The summed E-state index contributed by atoms with van der Waals surface area (Å²) >= 11 is 11.7. The minimum absolute atomic E-state index is 0.426. The van der Waals surface area contributed by atoms with Crippen molar-refractivity contribution in [3.8, 4) is 0 Å². The topological polar surface area (TPSA) is 70.9 Å². The Labute approximate surface area is 113 Å². The van der Waals surface area contributed by atoms with E-state index in [-0.39, 0.29) is 0 Å². The van der Waals surface area contributed by atoms with Gasteiger partial charge in [0.2, 0.25) is 0 Å². The maximum absolute atomic E-state index is 11.4. The van der Waals surface area contributed by atoms with Gasteiger partial charge >= 0.3 is 6.03 Å². The van der Waals surface area contributed by atoms with Crippen LogP contribution >= 0.6 is 23.2 Å². The lowest BCUT2D eigenvalue weighted by Crippen LogP contribution is -2.41. The average Bonchev–Trinajstić information content (AvgIpc) is 2.30. The summed E-state index contributed by atoms with van der Waals surface area (Å²) in [6.45, 7) is 0. The Balaban J connectivity index is 2.18. The molecule has 0 saturated heterocycles. The zero-order valence-electron chi connectivity index (χ0n) is 8.93. The van der Waals surface area contributed by atoms with Crippen molar-refractivity contribution in [2.45, 2.75) is 6.04 Å². The highest BCUT2D eigenvalue weighted by atomic mass is 35.5. The zero-order chi connectivity index (χ0) is 13.1. The number of imide groups is 1. The van der Waals surface area contributed by atoms with Crippen LogP contribution in [0, 0.1) is 0 Å². The lowest BCUT2D eigenvalue weighted by atomic mass is 10.2. The van der Waals surface area contributed by atoms with Crippen LogP contribution in [0.5, 0.6) is 0 Å². The minimum Gasteiger partial charge on any atom is -0.274 e. The van der Waals surface area contributed by atoms with E-state index in [1.54, 1.807) is 18.2 Å². The number of nitrogens with one attached hydrogen (secondary N) is 1. The van der Waals surface area contributed by atoms with Gasteiger partial charge in [0.05, 0.1) is 5.02 Å². The van der Waals surface area contributed by atoms with Crippen LogP contribution in [0.25, 0.3) is 0 Å². The number of carbonyl (C=O) groups excluding carboxylic acids is 2. The lowest BCUT2D eigenvalue weighted by Gasteiger charge is -2.10. The van der Waals surface area contributed by atoms with E-state index in [1.165, 1.54) is 12.4 Å². The molecule has 0 radical (unpaired) electrons. The second kappa shape index (κ2) is 5.29. The Morgan fingerprint density at radius 1 is 1.33 bits per heavy atom. The van der Waals surface area contributed by atoms with Gasteiger partial charge < -0.3 is 0 Å². The zero-order valence-corrected chi connectivity index (χ0v) is 10.4. The number of urea groups is 1. The van der Waals surface area contributed by atoms with E-state index in [9.17, 15) is 9.59 Å². The molecule has 1 N–H and O–H groups in total. The summed E-state index contributed by atoms with van der Waals surface area (Å²) in [6, 6.07) is 3.40. The first kappa shape index (κ1) is 12.7. The van der Waals surface area contributed by atoms with Crippen molar-refractivity contribution in [3.05, 3.63) is 33.8 Å². The van der Waals surface area contributed by atoms with Crippen LogP contribution in [-0.4, -0.2) is 30.4 Å². The molecule has 0 fully saturated rings. The van der Waals surface area contributed by atoms with Gasteiger partial charge in [-0.25, -0.2) is 9.79 Å². The lowest BCUT2D eigenvalue weighted by molar-refractivity contribution is -0.119. The Morgan fingerprint density at radius 3 is 2.78 bits per heavy atom. The van der Waals surface area contributed by atoms with Crippen molar-refractivity contribution in [1.29, 1.82) is 0 Å². The van der Waals surface area contributed by atoms with E-state index >= 15 is 0 Å². The summed E-state index contributed by atoms with van der Waals surface area (Å²) in [6.07, 6.45) is 2.62. The van der Waals surface area contributed by atoms with E-state index in [2.05, 4.69) is 9.98 Å². The van der Waals surface area contributed by atoms with Crippen molar-refractivity contribution in [2.24, 2.45) is 9.98 Å². The largest absolute Gasteiger partial charge is 0.347 e. The first-order valence-corrected chi connectivity index (χ1v) is 5.69. The van der Waals surface area contributed by atoms with Crippen molar-refractivity contribution in [2.75, 3.05) is 0 Å². The molecule has 0 saturated carbocycles. The van der Waals surface area contributed by atoms with E-state index < -0.39 is 18.0 Å². The van der Waals surface area contributed by atoms with Gasteiger partial charge in [-0.15, -0.1) is 0 Å². The number of amides is 3. The number of carbonyl (C=O) groups is 2. The van der Waals surface area contributed by atoms with Crippen LogP contribution in [-0.2, 0) is 4.79 Å². The van der Waals surface area contributed by atoms with Crippen molar-refractivity contribution in [3.63, 3.8) is 0 Å². The molecule has 1 atom stereocenters. The molecule has 0 bridgehead atoms. The predicted octanol–water partition coefficient (Wildman–Crippen LogP) is 2.10. The molecular weight excluding hydrogens is 277 g/mol. The molecule has 7 heteroatoms. The van der Waals surface area contributed by atoms with Gasteiger partial charge in [-0.05, 0) is 12.1 Å². The molecule has 18 heavy (non-hydrogen) atoms. The normalized spacial score (nSPS) is 19.3. The molecule has 0 aromatic heterocycles. The van der Waals surface area contributed by atoms with Gasteiger partial charge in [-0.3, -0.25) is 15.1 Å². The van der Waals surface area contributed by atoms with Crippen LogP contribution in [0.1, 0.15) is 5.56 Å². The maximum atomic E-state index is 11.4. The Hall–Kier alpha value is -1.72. The first-order chi connectivity index (χ1) is 8.56. The van der Waals surface area contributed by atoms with Crippen LogP contribution < -0.4 is 5.32 Å². The average molecular weight is 284 g/mol. The molecule has 2 rings (SSSR count). The van der Waals surface area contributed by atoms with E-state index in [0.717, 1.165) is 0 Å². The molecule has 1 aliphatic rings. The van der Waals surface area contributed by atoms with Crippen molar-refractivity contribution >= 4 is 47.6 Å². The Kier molecular flexibility index (Phi) is 3.74. The molecule has 92 valence electrons. The number of hydrogen-bond donors (Lipinski definition) is 1. The van der Waals surface area contributed by atoms with Gasteiger partial charge in [0, 0.05) is 23.0 Å².